The van der Waals surface area contributed by atoms with Gasteiger partial charge in [0, 0.05) is 13.0 Å². The van der Waals surface area contributed by atoms with Crippen molar-refractivity contribution >= 4 is 5.97 Å². The van der Waals surface area contributed by atoms with Gasteiger partial charge in [0.1, 0.15) is 12.0 Å². The normalized spacial score (nSPS) is 10.3. The van der Waals surface area contributed by atoms with Crippen LogP contribution in [0.5, 0.6) is 0 Å². The molecule has 0 aliphatic rings. The van der Waals surface area contributed by atoms with E-state index < -0.39 is 5.97 Å². The van der Waals surface area contributed by atoms with Crippen LogP contribution in [0.25, 0.3) is 0 Å². The first kappa shape index (κ1) is 12.4. The van der Waals surface area contributed by atoms with Crippen LogP contribution in [-0.4, -0.2) is 25.8 Å². The number of rotatable bonds is 6. The number of carbonyl (C=O) groups is 1. The van der Waals surface area contributed by atoms with Gasteiger partial charge in [0.25, 0.3) is 5.56 Å². The lowest BCUT2D eigenvalue weighted by molar-refractivity contribution is -0.136. The van der Waals surface area contributed by atoms with Crippen molar-refractivity contribution in [1.82, 2.24) is 14.8 Å². The number of hydrogen-bond donors (Lipinski definition) is 1. The number of hydrogen-bond acceptors (Lipinski definition) is 4. The van der Waals surface area contributed by atoms with Gasteiger partial charge in [0.15, 0.2) is 0 Å². The molecular weight excluding hydrogens is 210 g/mol. The number of aryl methyl sites for hydroxylation is 2. The average molecular weight is 225 g/mol. The van der Waals surface area contributed by atoms with Gasteiger partial charge < -0.3 is 5.11 Å². The molecule has 0 bridgehead atoms. The largest absolute Gasteiger partial charge is 0.481 e. The Labute approximate surface area is 92.9 Å². The van der Waals surface area contributed by atoms with Gasteiger partial charge in [-0.2, -0.15) is 0 Å². The van der Waals surface area contributed by atoms with E-state index in [2.05, 4.69) is 10.2 Å². The molecule has 1 rings (SSSR count). The van der Waals surface area contributed by atoms with Gasteiger partial charge in [-0.15, -0.1) is 10.2 Å². The van der Waals surface area contributed by atoms with Gasteiger partial charge in [-0.25, -0.2) is 0 Å². The molecule has 1 aromatic heterocycles. The minimum absolute atomic E-state index is 0.0955. The Balaban J connectivity index is 2.78. The van der Waals surface area contributed by atoms with Crippen molar-refractivity contribution in [3.05, 3.63) is 22.4 Å². The zero-order chi connectivity index (χ0) is 12.0. The van der Waals surface area contributed by atoms with E-state index in [1.807, 2.05) is 6.92 Å². The topological polar surface area (TPSA) is 85.1 Å². The highest BCUT2D eigenvalue weighted by Crippen LogP contribution is 1.94. The van der Waals surface area contributed by atoms with Gasteiger partial charge in [-0.1, -0.05) is 13.3 Å². The molecule has 0 amide bonds. The van der Waals surface area contributed by atoms with E-state index in [1.165, 1.54) is 10.9 Å². The molecule has 0 radical (unpaired) electrons. The molecule has 0 unspecified atom stereocenters. The van der Waals surface area contributed by atoms with E-state index in [-0.39, 0.29) is 24.1 Å². The summed E-state index contributed by atoms with van der Waals surface area (Å²) in [5, 5.41) is 15.9. The minimum atomic E-state index is -0.940. The summed E-state index contributed by atoms with van der Waals surface area (Å²) in [7, 11) is 0. The highest BCUT2D eigenvalue weighted by molar-refractivity contribution is 5.66. The zero-order valence-electron chi connectivity index (χ0n) is 9.22. The van der Waals surface area contributed by atoms with Crippen LogP contribution in [0, 0.1) is 0 Å². The van der Waals surface area contributed by atoms with E-state index in [0.29, 0.717) is 6.54 Å². The third-order valence-electron chi connectivity index (χ3n) is 2.21. The van der Waals surface area contributed by atoms with Crippen LogP contribution in [0.4, 0.5) is 0 Å². The van der Waals surface area contributed by atoms with Crippen LogP contribution in [0.15, 0.2) is 11.1 Å². The summed E-state index contributed by atoms with van der Waals surface area (Å²) in [5.74, 6) is -0.940. The molecule has 0 aliphatic carbocycles. The summed E-state index contributed by atoms with van der Waals surface area (Å²) in [5.41, 5.74) is -0.00861. The van der Waals surface area contributed by atoms with E-state index >= 15 is 0 Å². The number of carboxylic acids is 1. The smallest absolute Gasteiger partial charge is 0.303 e. The Kier molecular flexibility index (Phi) is 4.63. The molecule has 88 valence electrons. The van der Waals surface area contributed by atoms with E-state index in [1.54, 1.807) is 0 Å². The van der Waals surface area contributed by atoms with E-state index in [4.69, 9.17) is 5.11 Å². The van der Waals surface area contributed by atoms with Crippen molar-refractivity contribution in [3.63, 3.8) is 0 Å². The molecule has 1 N–H and O–H groups in total. The Hall–Kier alpha value is -1.72. The van der Waals surface area contributed by atoms with Crippen molar-refractivity contribution in [2.24, 2.45) is 0 Å². The SMILES string of the molecule is CCCCn1cnnc(CCC(=O)O)c1=O. The first-order chi connectivity index (χ1) is 7.65. The molecule has 0 spiro atoms. The van der Waals surface area contributed by atoms with Crippen LogP contribution in [0.1, 0.15) is 31.9 Å². The highest BCUT2D eigenvalue weighted by Gasteiger charge is 2.07. The standard InChI is InChI=1S/C10H15N3O3/c1-2-3-6-13-7-11-12-8(10(13)16)4-5-9(14)15/h7H,2-6H2,1H3,(H,14,15). The van der Waals surface area contributed by atoms with E-state index in [0.717, 1.165) is 12.8 Å². The number of aromatic nitrogens is 3. The average Bonchev–Trinajstić information content (AvgIpc) is 2.26. The third-order valence-corrected chi connectivity index (χ3v) is 2.21. The Morgan fingerprint density at radius 2 is 2.31 bits per heavy atom. The first-order valence-electron chi connectivity index (χ1n) is 5.28. The van der Waals surface area contributed by atoms with Gasteiger partial charge in [0.05, 0.1) is 6.42 Å². The van der Waals surface area contributed by atoms with Crippen LogP contribution < -0.4 is 5.56 Å². The van der Waals surface area contributed by atoms with Gasteiger partial charge in [-0.3, -0.25) is 14.2 Å². The molecule has 16 heavy (non-hydrogen) atoms. The fraction of sp³-hybridized carbons (Fsp3) is 0.600. The summed E-state index contributed by atoms with van der Waals surface area (Å²) in [6.07, 6.45) is 3.31. The number of carboxylic acid groups (broad SMARTS) is 1. The molecule has 0 saturated heterocycles. The lowest BCUT2D eigenvalue weighted by Gasteiger charge is -2.04. The predicted molar refractivity (Wildman–Crippen MR) is 57.2 cm³/mol. The highest BCUT2D eigenvalue weighted by atomic mass is 16.4. The van der Waals surface area contributed by atoms with Crippen LogP contribution in [0.2, 0.25) is 0 Å². The third kappa shape index (κ3) is 3.45. The molecule has 0 fully saturated rings. The van der Waals surface area contributed by atoms with Crippen molar-refractivity contribution in [1.29, 1.82) is 0 Å². The first-order valence-corrected chi connectivity index (χ1v) is 5.28. The molecule has 6 nitrogen and oxygen atoms in total. The second-order valence-corrected chi connectivity index (χ2v) is 3.52. The minimum Gasteiger partial charge on any atom is -0.481 e. The summed E-state index contributed by atoms with van der Waals surface area (Å²) in [6, 6.07) is 0. The monoisotopic (exact) mass is 225 g/mol. The maximum Gasteiger partial charge on any atom is 0.303 e. The van der Waals surface area contributed by atoms with Crippen molar-refractivity contribution < 1.29 is 9.90 Å². The molecule has 1 heterocycles. The predicted octanol–water partition coefficient (Wildman–Crippen LogP) is 0.456. The lowest BCUT2D eigenvalue weighted by atomic mass is 10.2. The van der Waals surface area contributed by atoms with Crippen LogP contribution in [0.3, 0.4) is 0 Å². The molecule has 6 heteroatoms. The van der Waals surface area contributed by atoms with Crippen LogP contribution in [-0.2, 0) is 17.8 Å². The maximum absolute atomic E-state index is 11.8. The molecule has 0 saturated carbocycles. The Morgan fingerprint density at radius 1 is 1.56 bits per heavy atom. The van der Waals surface area contributed by atoms with Gasteiger partial charge in [0.2, 0.25) is 0 Å². The molecule has 0 atom stereocenters. The van der Waals surface area contributed by atoms with Crippen LogP contribution >= 0.6 is 0 Å². The quantitative estimate of drug-likeness (QED) is 0.760. The summed E-state index contributed by atoms with van der Waals surface area (Å²) in [4.78, 5) is 22.1. The van der Waals surface area contributed by atoms with E-state index in [9.17, 15) is 9.59 Å². The van der Waals surface area contributed by atoms with Gasteiger partial charge in [-0.05, 0) is 6.42 Å². The van der Waals surface area contributed by atoms with Crippen molar-refractivity contribution in [3.8, 4) is 0 Å². The summed E-state index contributed by atoms with van der Waals surface area (Å²) < 4.78 is 1.48. The maximum atomic E-state index is 11.8. The zero-order valence-corrected chi connectivity index (χ0v) is 9.22. The fourth-order valence-corrected chi connectivity index (χ4v) is 1.29. The Bertz CT molecular complexity index is 414. The summed E-state index contributed by atoms with van der Waals surface area (Å²) >= 11 is 0. The second-order valence-electron chi connectivity index (χ2n) is 3.52. The lowest BCUT2D eigenvalue weighted by Crippen LogP contribution is -2.26. The van der Waals surface area contributed by atoms with Crippen molar-refractivity contribution in [2.45, 2.75) is 39.2 Å². The fourth-order valence-electron chi connectivity index (χ4n) is 1.29. The molecule has 0 aliphatic heterocycles. The molecule has 0 aromatic carbocycles. The van der Waals surface area contributed by atoms with Gasteiger partial charge >= 0.3 is 5.97 Å². The van der Waals surface area contributed by atoms with Crippen molar-refractivity contribution in [2.75, 3.05) is 0 Å². The number of unbranched alkanes of at least 4 members (excludes halogenated alkanes) is 1. The second kappa shape index (κ2) is 5.99. The number of nitrogens with zero attached hydrogens (tertiary/aromatic N) is 3. The molecule has 1 aromatic rings. The summed E-state index contributed by atoms with van der Waals surface area (Å²) in [6.45, 7) is 2.63. The number of aliphatic carboxylic acids is 1. The Morgan fingerprint density at radius 3 is 2.94 bits per heavy atom. The molecular formula is C10H15N3O3.